The van der Waals surface area contributed by atoms with Gasteiger partial charge in [-0.15, -0.1) is 0 Å². The fourth-order valence-electron chi connectivity index (χ4n) is 1.61. The van der Waals surface area contributed by atoms with Gasteiger partial charge in [0.05, 0.1) is 16.5 Å². The van der Waals surface area contributed by atoms with Crippen molar-refractivity contribution in [1.82, 2.24) is 0 Å². The largest absolute Gasteiger partial charge is 0.399 e. The number of halogens is 2. The maximum atomic E-state index is 13.4. The first kappa shape index (κ1) is 15.1. The summed E-state index contributed by atoms with van der Waals surface area (Å²) in [6.45, 7) is 0. The minimum atomic E-state index is -1.64. The zero-order valence-corrected chi connectivity index (χ0v) is 11.6. The van der Waals surface area contributed by atoms with Crippen molar-refractivity contribution in [3.8, 4) is 0 Å². The van der Waals surface area contributed by atoms with E-state index in [4.69, 9.17) is 5.73 Å². The first-order valence-corrected chi connectivity index (χ1v) is 7.26. The van der Waals surface area contributed by atoms with Gasteiger partial charge in [0.1, 0.15) is 17.4 Å². The summed E-state index contributed by atoms with van der Waals surface area (Å²) in [4.78, 5) is 12.1. The highest BCUT2D eigenvalue weighted by Crippen LogP contribution is 2.17. The molecular formula is C14H12F2N2O2S. The van der Waals surface area contributed by atoms with Crippen LogP contribution in [0.1, 0.15) is 0 Å². The fraction of sp³-hybridized carbons (Fsp3) is 0.0714. The van der Waals surface area contributed by atoms with Crippen LogP contribution in [0.4, 0.5) is 20.2 Å². The number of rotatable bonds is 4. The Morgan fingerprint density at radius 2 is 1.81 bits per heavy atom. The third-order valence-corrected chi connectivity index (χ3v) is 3.93. The Kier molecular flexibility index (Phi) is 4.64. The molecule has 0 saturated heterocycles. The lowest BCUT2D eigenvalue weighted by Crippen LogP contribution is -2.20. The number of hydrogen-bond acceptors (Lipinski definition) is 3. The van der Waals surface area contributed by atoms with E-state index < -0.39 is 28.3 Å². The van der Waals surface area contributed by atoms with Crippen LogP contribution in [-0.4, -0.2) is 15.9 Å². The third kappa shape index (κ3) is 4.09. The summed E-state index contributed by atoms with van der Waals surface area (Å²) in [7, 11) is -1.64. The van der Waals surface area contributed by atoms with Crippen LogP contribution in [0, 0.1) is 11.6 Å². The van der Waals surface area contributed by atoms with Gasteiger partial charge < -0.3 is 11.1 Å². The Morgan fingerprint density at radius 3 is 2.48 bits per heavy atom. The van der Waals surface area contributed by atoms with Crippen molar-refractivity contribution in [1.29, 1.82) is 0 Å². The third-order valence-electron chi connectivity index (χ3n) is 2.60. The highest BCUT2D eigenvalue weighted by atomic mass is 32.2. The van der Waals surface area contributed by atoms with E-state index in [9.17, 15) is 17.8 Å². The molecule has 7 heteroatoms. The van der Waals surface area contributed by atoms with Gasteiger partial charge in [-0.05, 0) is 42.5 Å². The fourth-order valence-corrected chi connectivity index (χ4v) is 2.53. The molecule has 2 rings (SSSR count). The predicted octanol–water partition coefficient (Wildman–Crippen LogP) is 2.29. The summed E-state index contributed by atoms with van der Waals surface area (Å²) in [5, 5.41) is 2.30. The molecule has 0 spiro atoms. The predicted molar refractivity (Wildman–Crippen MR) is 77.1 cm³/mol. The van der Waals surface area contributed by atoms with Crippen LogP contribution in [0.3, 0.4) is 0 Å². The van der Waals surface area contributed by atoms with Gasteiger partial charge in [0.25, 0.3) is 0 Å². The summed E-state index contributed by atoms with van der Waals surface area (Å²) < 4.78 is 38.1. The average Bonchev–Trinajstić information content (AvgIpc) is 2.43. The summed E-state index contributed by atoms with van der Waals surface area (Å²) >= 11 is 0. The van der Waals surface area contributed by atoms with Gasteiger partial charge in [-0.1, -0.05) is 0 Å². The second-order valence-electron chi connectivity index (χ2n) is 4.23. The molecule has 0 bridgehead atoms. The first-order valence-electron chi connectivity index (χ1n) is 5.94. The Hall–Kier alpha value is -2.28. The van der Waals surface area contributed by atoms with Gasteiger partial charge in [0.2, 0.25) is 5.91 Å². The second-order valence-corrected chi connectivity index (χ2v) is 5.68. The molecule has 1 unspecified atom stereocenters. The van der Waals surface area contributed by atoms with E-state index in [1.807, 2.05) is 0 Å². The molecule has 0 saturated carbocycles. The van der Waals surface area contributed by atoms with Crippen LogP contribution < -0.4 is 11.1 Å². The Bertz CT molecular complexity index is 690. The van der Waals surface area contributed by atoms with E-state index in [1.165, 1.54) is 24.3 Å². The number of anilines is 2. The van der Waals surface area contributed by atoms with E-state index in [-0.39, 0.29) is 11.4 Å². The molecular weight excluding hydrogens is 298 g/mol. The molecule has 21 heavy (non-hydrogen) atoms. The summed E-state index contributed by atoms with van der Waals surface area (Å²) in [5.74, 6) is -2.07. The van der Waals surface area contributed by atoms with Crippen LogP contribution in [-0.2, 0) is 15.6 Å². The molecule has 1 amide bonds. The van der Waals surface area contributed by atoms with Crippen LogP contribution in [0.5, 0.6) is 0 Å². The molecule has 4 nitrogen and oxygen atoms in total. The maximum absolute atomic E-state index is 13.4. The van der Waals surface area contributed by atoms with E-state index in [0.717, 1.165) is 18.2 Å². The van der Waals surface area contributed by atoms with Crippen molar-refractivity contribution < 1.29 is 17.8 Å². The Labute approximate surface area is 122 Å². The summed E-state index contributed by atoms with van der Waals surface area (Å²) in [5.41, 5.74) is 5.72. The normalized spacial score (nSPS) is 11.9. The van der Waals surface area contributed by atoms with Crippen LogP contribution in [0.25, 0.3) is 0 Å². The molecule has 110 valence electrons. The second kappa shape index (κ2) is 6.45. The molecule has 0 aliphatic heterocycles. The van der Waals surface area contributed by atoms with E-state index >= 15 is 0 Å². The molecule has 0 aliphatic rings. The van der Waals surface area contributed by atoms with E-state index in [2.05, 4.69) is 5.32 Å². The monoisotopic (exact) mass is 310 g/mol. The van der Waals surface area contributed by atoms with Gasteiger partial charge in [-0.2, -0.15) is 0 Å². The summed E-state index contributed by atoms with van der Waals surface area (Å²) in [6, 6.07) is 8.74. The molecule has 1 atom stereocenters. The molecule has 0 aliphatic carbocycles. The van der Waals surface area contributed by atoms with Gasteiger partial charge in [0.15, 0.2) is 0 Å². The molecule has 3 N–H and O–H groups in total. The SMILES string of the molecule is Nc1ccc(F)c(NC(=O)CS(=O)c2ccc(F)cc2)c1. The topological polar surface area (TPSA) is 72.2 Å². The lowest BCUT2D eigenvalue weighted by Gasteiger charge is -2.07. The zero-order chi connectivity index (χ0) is 15.4. The van der Waals surface area contributed by atoms with Crippen LogP contribution in [0.2, 0.25) is 0 Å². The number of benzene rings is 2. The first-order chi connectivity index (χ1) is 9.95. The van der Waals surface area contributed by atoms with Crippen molar-refractivity contribution in [3.05, 3.63) is 54.1 Å². The van der Waals surface area contributed by atoms with E-state index in [0.29, 0.717) is 10.6 Å². The lowest BCUT2D eigenvalue weighted by atomic mass is 10.2. The number of nitrogens with two attached hydrogens (primary N) is 1. The van der Waals surface area contributed by atoms with Crippen molar-refractivity contribution >= 4 is 28.1 Å². The van der Waals surface area contributed by atoms with Crippen LogP contribution in [0.15, 0.2) is 47.4 Å². The maximum Gasteiger partial charge on any atom is 0.237 e. The Morgan fingerprint density at radius 1 is 1.14 bits per heavy atom. The molecule has 0 heterocycles. The average molecular weight is 310 g/mol. The number of carbonyl (C=O) groups is 1. The van der Waals surface area contributed by atoms with Crippen molar-refractivity contribution in [3.63, 3.8) is 0 Å². The van der Waals surface area contributed by atoms with Gasteiger partial charge in [0, 0.05) is 10.6 Å². The van der Waals surface area contributed by atoms with E-state index in [1.54, 1.807) is 0 Å². The number of nitrogens with one attached hydrogen (secondary N) is 1. The lowest BCUT2D eigenvalue weighted by molar-refractivity contribution is -0.113. The molecule has 0 fully saturated rings. The Balaban J connectivity index is 2.03. The molecule has 0 radical (unpaired) electrons. The van der Waals surface area contributed by atoms with Crippen molar-refractivity contribution in [2.75, 3.05) is 16.8 Å². The van der Waals surface area contributed by atoms with Crippen molar-refractivity contribution in [2.45, 2.75) is 4.90 Å². The standard InChI is InChI=1S/C14H12F2N2O2S/c15-9-1-4-11(5-2-9)21(20)8-14(19)18-13-7-10(17)3-6-12(13)16/h1-7H,8,17H2,(H,18,19). The van der Waals surface area contributed by atoms with Crippen LogP contribution >= 0.6 is 0 Å². The summed E-state index contributed by atoms with van der Waals surface area (Å²) in [6.07, 6.45) is 0. The van der Waals surface area contributed by atoms with Crippen molar-refractivity contribution in [2.24, 2.45) is 0 Å². The van der Waals surface area contributed by atoms with Gasteiger partial charge >= 0.3 is 0 Å². The highest BCUT2D eigenvalue weighted by Gasteiger charge is 2.12. The van der Waals surface area contributed by atoms with Gasteiger partial charge in [-0.25, -0.2) is 8.78 Å². The minimum Gasteiger partial charge on any atom is -0.399 e. The quantitative estimate of drug-likeness (QED) is 0.851. The number of nitrogen functional groups attached to an aromatic ring is 1. The number of amides is 1. The molecule has 0 aromatic heterocycles. The number of carbonyl (C=O) groups excluding carboxylic acids is 1. The minimum absolute atomic E-state index is 0.0730. The smallest absolute Gasteiger partial charge is 0.237 e. The highest BCUT2D eigenvalue weighted by molar-refractivity contribution is 7.85. The molecule has 2 aromatic carbocycles. The zero-order valence-electron chi connectivity index (χ0n) is 10.8. The number of hydrogen-bond donors (Lipinski definition) is 2. The van der Waals surface area contributed by atoms with Gasteiger partial charge in [-0.3, -0.25) is 9.00 Å². The molecule has 2 aromatic rings.